The molecule has 2 nitrogen and oxygen atoms in total. The first-order valence-electron chi connectivity index (χ1n) is 6.59. The average Bonchev–Trinajstić information content (AvgIpc) is 2.39. The average molecular weight is 286 g/mol. The smallest absolute Gasteiger partial charge is 0.335 e. The summed E-state index contributed by atoms with van der Waals surface area (Å²) in [5, 5.41) is 9.02. The molecule has 0 amide bonds. The Morgan fingerprint density at radius 2 is 1.65 bits per heavy atom. The van der Waals surface area contributed by atoms with E-state index in [9.17, 15) is 4.79 Å². The molecule has 0 aliphatic carbocycles. The topological polar surface area (TPSA) is 37.3 Å². The van der Waals surface area contributed by atoms with Crippen LogP contribution in [0.2, 0.25) is 0 Å². The molecule has 2 aromatic carbocycles. The van der Waals surface area contributed by atoms with Crippen LogP contribution in [-0.4, -0.2) is 11.1 Å². The summed E-state index contributed by atoms with van der Waals surface area (Å²) in [6.45, 7) is 6.18. The second kappa shape index (κ2) is 6.14. The minimum Gasteiger partial charge on any atom is -0.478 e. The Hall–Kier alpha value is -1.74. The molecule has 0 radical (unpaired) electrons. The van der Waals surface area contributed by atoms with Crippen LogP contribution in [0.25, 0.3) is 0 Å². The van der Waals surface area contributed by atoms with Crippen molar-refractivity contribution in [2.45, 2.75) is 36.5 Å². The summed E-state index contributed by atoms with van der Waals surface area (Å²) in [4.78, 5) is 13.2. The molecule has 0 unspecified atom stereocenters. The fourth-order valence-electron chi connectivity index (χ4n) is 2.00. The molecule has 0 atom stereocenters. The molecular formula is C17H18O2S. The van der Waals surface area contributed by atoms with E-state index in [1.165, 1.54) is 5.56 Å². The van der Waals surface area contributed by atoms with Crippen LogP contribution in [-0.2, 0) is 0 Å². The Bertz CT molecular complexity index is 615. The molecule has 0 saturated heterocycles. The highest BCUT2D eigenvalue weighted by molar-refractivity contribution is 7.99. The highest BCUT2D eigenvalue weighted by atomic mass is 32.2. The zero-order chi connectivity index (χ0) is 14.7. The van der Waals surface area contributed by atoms with Crippen LogP contribution in [0.15, 0.2) is 52.3 Å². The van der Waals surface area contributed by atoms with Crippen LogP contribution in [0.4, 0.5) is 0 Å². The van der Waals surface area contributed by atoms with E-state index in [0.29, 0.717) is 11.5 Å². The molecule has 0 aliphatic heterocycles. The van der Waals surface area contributed by atoms with E-state index < -0.39 is 5.97 Å². The summed E-state index contributed by atoms with van der Waals surface area (Å²) in [6, 6.07) is 14.0. The maximum atomic E-state index is 11.0. The van der Waals surface area contributed by atoms with Gasteiger partial charge in [0.15, 0.2) is 0 Å². The molecule has 3 heteroatoms. The minimum atomic E-state index is -0.875. The van der Waals surface area contributed by atoms with Gasteiger partial charge in [0, 0.05) is 9.79 Å². The highest BCUT2D eigenvalue weighted by Crippen LogP contribution is 2.30. The van der Waals surface area contributed by atoms with Gasteiger partial charge in [0.25, 0.3) is 0 Å². The molecule has 0 aliphatic rings. The van der Waals surface area contributed by atoms with E-state index in [0.717, 1.165) is 15.4 Å². The number of rotatable bonds is 4. The zero-order valence-electron chi connectivity index (χ0n) is 11.9. The van der Waals surface area contributed by atoms with Gasteiger partial charge in [-0.15, -0.1) is 0 Å². The molecular weight excluding hydrogens is 268 g/mol. The van der Waals surface area contributed by atoms with Crippen molar-refractivity contribution in [1.82, 2.24) is 0 Å². The lowest BCUT2D eigenvalue weighted by molar-refractivity contribution is 0.0696. The quantitative estimate of drug-likeness (QED) is 0.862. The first-order valence-corrected chi connectivity index (χ1v) is 7.41. The van der Waals surface area contributed by atoms with Gasteiger partial charge in [0.2, 0.25) is 0 Å². The summed E-state index contributed by atoms with van der Waals surface area (Å²) in [6.07, 6.45) is 0. The van der Waals surface area contributed by atoms with Crippen LogP contribution in [0, 0.1) is 6.92 Å². The monoisotopic (exact) mass is 286 g/mol. The Morgan fingerprint density at radius 1 is 1.05 bits per heavy atom. The van der Waals surface area contributed by atoms with E-state index in [4.69, 9.17) is 5.11 Å². The van der Waals surface area contributed by atoms with Crippen molar-refractivity contribution in [1.29, 1.82) is 0 Å². The van der Waals surface area contributed by atoms with E-state index in [1.807, 2.05) is 19.1 Å². The van der Waals surface area contributed by atoms with Gasteiger partial charge in [-0.2, -0.15) is 0 Å². The molecule has 0 spiro atoms. The van der Waals surface area contributed by atoms with Gasteiger partial charge in [-0.1, -0.05) is 37.7 Å². The fourth-order valence-corrected chi connectivity index (χ4v) is 2.91. The second-order valence-electron chi connectivity index (χ2n) is 5.11. The summed E-state index contributed by atoms with van der Waals surface area (Å²) in [7, 11) is 0. The van der Waals surface area contributed by atoms with Crippen LogP contribution < -0.4 is 0 Å². The molecule has 0 aromatic heterocycles. The van der Waals surface area contributed by atoms with E-state index in [1.54, 1.807) is 17.8 Å². The second-order valence-corrected chi connectivity index (χ2v) is 6.25. The number of benzene rings is 2. The Balaban J connectivity index is 2.17. The minimum absolute atomic E-state index is 0.365. The maximum absolute atomic E-state index is 11.0. The number of carbonyl (C=O) groups is 1. The summed E-state index contributed by atoms with van der Waals surface area (Å²) in [5.41, 5.74) is 2.48. The van der Waals surface area contributed by atoms with Crippen molar-refractivity contribution in [2.24, 2.45) is 0 Å². The standard InChI is InChI=1S/C17H18O2S/c1-11(2)13-4-6-14(7-5-13)20-15-8-9-16(17(18)19)12(3)10-15/h4-11H,1-3H3,(H,18,19). The summed E-state index contributed by atoms with van der Waals surface area (Å²) >= 11 is 1.65. The number of hydrogen-bond acceptors (Lipinski definition) is 2. The van der Waals surface area contributed by atoms with Crippen molar-refractivity contribution >= 4 is 17.7 Å². The predicted molar refractivity (Wildman–Crippen MR) is 82.8 cm³/mol. The molecule has 20 heavy (non-hydrogen) atoms. The van der Waals surface area contributed by atoms with Crippen molar-refractivity contribution in [3.8, 4) is 0 Å². The van der Waals surface area contributed by atoms with Crippen LogP contribution in [0.1, 0.15) is 41.3 Å². The van der Waals surface area contributed by atoms with E-state index in [-0.39, 0.29) is 0 Å². The fraction of sp³-hybridized carbons (Fsp3) is 0.235. The third-order valence-corrected chi connectivity index (χ3v) is 4.21. The SMILES string of the molecule is Cc1cc(Sc2ccc(C(C)C)cc2)ccc1C(=O)O. The Labute approximate surface area is 123 Å². The number of hydrogen-bond donors (Lipinski definition) is 1. The first kappa shape index (κ1) is 14.7. The normalized spacial score (nSPS) is 10.8. The van der Waals surface area contributed by atoms with Gasteiger partial charge in [-0.3, -0.25) is 0 Å². The highest BCUT2D eigenvalue weighted by Gasteiger charge is 2.08. The molecule has 2 aromatic rings. The van der Waals surface area contributed by atoms with Crippen molar-refractivity contribution in [3.63, 3.8) is 0 Å². The van der Waals surface area contributed by atoms with Gasteiger partial charge in [-0.25, -0.2) is 4.79 Å². The summed E-state index contributed by atoms with van der Waals surface area (Å²) < 4.78 is 0. The molecule has 0 saturated carbocycles. The van der Waals surface area contributed by atoms with E-state index in [2.05, 4.69) is 38.1 Å². The van der Waals surface area contributed by atoms with Crippen LogP contribution in [0.5, 0.6) is 0 Å². The van der Waals surface area contributed by atoms with Gasteiger partial charge in [-0.05, 0) is 54.3 Å². The zero-order valence-corrected chi connectivity index (χ0v) is 12.7. The van der Waals surface area contributed by atoms with Gasteiger partial charge in [0.05, 0.1) is 5.56 Å². The van der Waals surface area contributed by atoms with Crippen molar-refractivity contribution in [3.05, 3.63) is 59.2 Å². The molecule has 0 bridgehead atoms. The summed E-state index contributed by atoms with van der Waals surface area (Å²) in [5.74, 6) is -0.341. The molecule has 104 valence electrons. The molecule has 0 heterocycles. The third-order valence-electron chi connectivity index (χ3n) is 3.21. The molecule has 0 fully saturated rings. The van der Waals surface area contributed by atoms with Crippen molar-refractivity contribution < 1.29 is 9.90 Å². The number of carboxylic acid groups (broad SMARTS) is 1. The lowest BCUT2D eigenvalue weighted by atomic mass is 10.0. The maximum Gasteiger partial charge on any atom is 0.335 e. The Kier molecular flexibility index (Phi) is 4.50. The van der Waals surface area contributed by atoms with Crippen LogP contribution in [0.3, 0.4) is 0 Å². The van der Waals surface area contributed by atoms with Crippen molar-refractivity contribution in [2.75, 3.05) is 0 Å². The number of aromatic carboxylic acids is 1. The number of carboxylic acids is 1. The Morgan fingerprint density at radius 3 is 2.15 bits per heavy atom. The predicted octanol–water partition coefficient (Wildman–Crippen LogP) is 4.97. The largest absolute Gasteiger partial charge is 0.478 e. The van der Waals surface area contributed by atoms with Gasteiger partial charge in [0.1, 0.15) is 0 Å². The van der Waals surface area contributed by atoms with E-state index >= 15 is 0 Å². The number of aryl methyl sites for hydroxylation is 1. The third kappa shape index (κ3) is 3.42. The van der Waals surface area contributed by atoms with Gasteiger partial charge >= 0.3 is 5.97 Å². The lowest BCUT2D eigenvalue weighted by Gasteiger charge is -2.08. The molecule has 1 N–H and O–H groups in total. The molecule has 2 rings (SSSR count). The van der Waals surface area contributed by atoms with Crippen LogP contribution >= 0.6 is 11.8 Å². The first-order chi connectivity index (χ1) is 9.47. The lowest BCUT2D eigenvalue weighted by Crippen LogP contribution is -1.99. The van der Waals surface area contributed by atoms with Gasteiger partial charge < -0.3 is 5.11 Å².